The van der Waals surface area contributed by atoms with E-state index in [1.807, 2.05) is 31.2 Å². The van der Waals surface area contributed by atoms with Gasteiger partial charge in [0.15, 0.2) is 0 Å². The first-order valence-electron chi connectivity index (χ1n) is 10.8. The maximum absolute atomic E-state index is 12.9. The van der Waals surface area contributed by atoms with Crippen LogP contribution in [-0.4, -0.2) is 50.5 Å². The van der Waals surface area contributed by atoms with E-state index in [0.29, 0.717) is 29.5 Å². The minimum Gasteiger partial charge on any atom is -0.463 e. The van der Waals surface area contributed by atoms with Gasteiger partial charge in [0.05, 0.1) is 33.9 Å². The number of benzene rings is 3. The highest BCUT2D eigenvalue weighted by Gasteiger charge is 2.34. The molecule has 1 aromatic heterocycles. The topological polar surface area (TPSA) is 79.8 Å². The van der Waals surface area contributed by atoms with Crippen molar-refractivity contribution in [3.05, 3.63) is 83.9 Å². The number of carbonyl (C=O) groups excluding carboxylic acids is 1. The van der Waals surface area contributed by atoms with Crippen LogP contribution in [0.25, 0.3) is 10.2 Å². The molecule has 0 bridgehead atoms. The number of nitrogens with zero attached hydrogens (tertiary/aromatic N) is 3. The molecule has 1 saturated heterocycles. The van der Waals surface area contributed by atoms with Crippen molar-refractivity contribution in [1.82, 2.24) is 9.88 Å². The summed E-state index contributed by atoms with van der Waals surface area (Å²) in [6, 6.07) is 20.9. The van der Waals surface area contributed by atoms with E-state index in [2.05, 4.69) is 4.98 Å². The second kappa shape index (κ2) is 8.73. The summed E-state index contributed by atoms with van der Waals surface area (Å²) >= 11 is 1.50. The number of rotatable bonds is 6. The van der Waals surface area contributed by atoms with E-state index in [0.717, 1.165) is 15.8 Å². The molecule has 2 heterocycles. The molecule has 9 heteroatoms. The fourth-order valence-electron chi connectivity index (χ4n) is 3.82. The molecule has 0 saturated carbocycles. The Morgan fingerprint density at radius 1 is 1.03 bits per heavy atom. The monoisotopic (exact) mass is 493 g/mol. The Kier molecular flexibility index (Phi) is 5.75. The summed E-state index contributed by atoms with van der Waals surface area (Å²) in [4.78, 5) is 19.2. The number of sulfonamides is 1. The maximum Gasteiger partial charge on any atom is 0.274 e. The van der Waals surface area contributed by atoms with Gasteiger partial charge in [0.1, 0.15) is 6.10 Å². The van der Waals surface area contributed by atoms with Crippen molar-refractivity contribution in [1.29, 1.82) is 0 Å². The summed E-state index contributed by atoms with van der Waals surface area (Å²) in [6.07, 6.45) is -0.107. The van der Waals surface area contributed by atoms with E-state index in [-0.39, 0.29) is 16.9 Å². The van der Waals surface area contributed by atoms with Crippen molar-refractivity contribution < 1.29 is 17.9 Å². The van der Waals surface area contributed by atoms with Crippen LogP contribution in [0.4, 0.5) is 5.69 Å². The van der Waals surface area contributed by atoms with Crippen molar-refractivity contribution in [3.8, 4) is 5.19 Å². The van der Waals surface area contributed by atoms with Crippen LogP contribution in [0.15, 0.2) is 77.7 Å². The highest BCUT2D eigenvalue weighted by molar-refractivity contribution is 7.92. The number of hydrogen-bond acceptors (Lipinski definition) is 6. The SMILES string of the molecule is Cc1cccc2sc(OC3CN(C(=O)c4ccc(S(=O)(=O)N(C)c5ccccc5)cc4)C3)nc12. The van der Waals surface area contributed by atoms with Gasteiger partial charge in [-0.2, -0.15) is 0 Å². The average Bonchev–Trinajstić information content (AvgIpc) is 3.25. The molecule has 1 fully saturated rings. The van der Waals surface area contributed by atoms with E-state index in [1.54, 1.807) is 41.3 Å². The molecule has 174 valence electrons. The van der Waals surface area contributed by atoms with Crippen molar-refractivity contribution in [3.63, 3.8) is 0 Å². The molecule has 0 unspecified atom stereocenters. The number of likely N-dealkylation sites (tertiary alicyclic amines) is 1. The van der Waals surface area contributed by atoms with Crippen LogP contribution in [-0.2, 0) is 10.0 Å². The Balaban J connectivity index is 1.21. The third-order valence-electron chi connectivity index (χ3n) is 5.88. The normalized spacial score (nSPS) is 14.1. The first-order chi connectivity index (χ1) is 16.3. The number of anilines is 1. The number of thiazole rings is 1. The zero-order valence-corrected chi connectivity index (χ0v) is 20.3. The number of amides is 1. The summed E-state index contributed by atoms with van der Waals surface area (Å²) in [5.41, 5.74) is 3.06. The van der Waals surface area contributed by atoms with Crippen LogP contribution in [0.3, 0.4) is 0 Å². The molecule has 1 amide bonds. The van der Waals surface area contributed by atoms with E-state index in [9.17, 15) is 13.2 Å². The van der Waals surface area contributed by atoms with E-state index in [1.165, 1.54) is 34.8 Å². The molecule has 0 spiro atoms. The van der Waals surface area contributed by atoms with Crippen LogP contribution < -0.4 is 9.04 Å². The Morgan fingerprint density at radius 3 is 2.41 bits per heavy atom. The predicted octanol–water partition coefficient (Wildman–Crippen LogP) is 4.33. The minimum atomic E-state index is -3.72. The van der Waals surface area contributed by atoms with Gasteiger partial charge in [-0.05, 0) is 55.0 Å². The molecule has 0 N–H and O–H groups in total. The van der Waals surface area contributed by atoms with E-state index in [4.69, 9.17) is 4.74 Å². The van der Waals surface area contributed by atoms with Crippen molar-refractivity contribution in [2.45, 2.75) is 17.9 Å². The highest BCUT2D eigenvalue weighted by Crippen LogP contribution is 2.31. The number of ether oxygens (including phenoxy) is 1. The molecule has 0 atom stereocenters. The molecule has 7 nitrogen and oxygen atoms in total. The standard InChI is InChI=1S/C25H23N3O4S2/c1-17-7-6-10-22-23(17)26-25(33-22)32-20-15-28(16-20)24(29)18-11-13-21(14-12-18)34(30,31)27(2)19-8-4-3-5-9-19/h3-14,20H,15-16H2,1-2H3. The van der Waals surface area contributed by atoms with E-state index >= 15 is 0 Å². The Morgan fingerprint density at radius 2 is 1.74 bits per heavy atom. The third kappa shape index (κ3) is 4.12. The molecule has 1 aliphatic heterocycles. The Bertz CT molecular complexity index is 1440. The second-order valence-corrected chi connectivity index (χ2v) is 11.1. The number of aromatic nitrogens is 1. The molecular weight excluding hydrogens is 470 g/mol. The van der Waals surface area contributed by atoms with Gasteiger partial charge >= 0.3 is 0 Å². The minimum absolute atomic E-state index is 0.107. The van der Waals surface area contributed by atoms with E-state index < -0.39 is 10.0 Å². The summed E-state index contributed by atoms with van der Waals surface area (Å²) in [6.45, 7) is 2.95. The van der Waals surface area contributed by atoms with Gasteiger partial charge in [-0.1, -0.05) is 41.7 Å². The zero-order valence-electron chi connectivity index (χ0n) is 18.7. The average molecular weight is 494 g/mol. The molecule has 0 aliphatic carbocycles. The van der Waals surface area contributed by atoms with Gasteiger partial charge in [0, 0.05) is 12.6 Å². The second-order valence-electron chi connectivity index (χ2n) is 8.18. The number of para-hydroxylation sites is 2. The van der Waals surface area contributed by atoms with Gasteiger partial charge in [-0.3, -0.25) is 9.10 Å². The summed E-state index contributed by atoms with van der Waals surface area (Å²) in [5, 5.41) is 0.610. The lowest BCUT2D eigenvalue weighted by Crippen LogP contribution is -2.56. The highest BCUT2D eigenvalue weighted by atomic mass is 32.2. The van der Waals surface area contributed by atoms with Crippen LogP contribution >= 0.6 is 11.3 Å². The fraction of sp³-hybridized carbons (Fsp3) is 0.200. The van der Waals surface area contributed by atoms with Crippen molar-refractivity contribution in [2.24, 2.45) is 0 Å². The molecule has 5 rings (SSSR count). The Labute approximate surface area is 202 Å². The van der Waals surface area contributed by atoms with Crippen LogP contribution in [0.2, 0.25) is 0 Å². The third-order valence-corrected chi connectivity index (χ3v) is 8.59. The van der Waals surface area contributed by atoms with Crippen LogP contribution in [0.5, 0.6) is 5.19 Å². The maximum atomic E-state index is 12.9. The van der Waals surface area contributed by atoms with Crippen molar-refractivity contribution in [2.75, 3.05) is 24.4 Å². The molecule has 0 radical (unpaired) electrons. The summed E-state index contributed by atoms with van der Waals surface area (Å²) in [7, 11) is -2.21. The largest absolute Gasteiger partial charge is 0.463 e. The van der Waals surface area contributed by atoms with Gasteiger partial charge in [0.25, 0.3) is 21.1 Å². The van der Waals surface area contributed by atoms with Gasteiger partial charge in [-0.15, -0.1) is 0 Å². The van der Waals surface area contributed by atoms with Gasteiger partial charge < -0.3 is 9.64 Å². The Hall–Kier alpha value is -3.43. The lowest BCUT2D eigenvalue weighted by Gasteiger charge is -2.38. The smallest absolute Gasteiger partial charge is 0.274 e. The summed E-state index contributed by atoms with van der Waals surface area (Å²) in [5.74, 6) is -0.152. The lowest BCUT2D eigenvalue weighted by molar-refractivity contribution is 0.0178. The number of fused-ring (bicyclic) bond motifs is 1. The molecular formula is C25H23N3O4S2. The lowest BCUT2D eigenvalue weighted by atomic mass is 10.1. The molecule has 3 aromatic carbocycles. The number of aryl methyl sites for hydroxylation is 1. The first-order valence-corrected chi connectivity index (χ1v) is 13.0. The van der Waals surface area contributed by atoms with Gasteiger partial charge in [0.2, 0.25) is 0 Å². The van der Waals surface area contributed by atoms with Crippen LogP contribution in [0, 0.1) is 6.92 Å². The summed E-state index contributed by atoms with van der Waals surface area (Å²) < 4.78 is 34.1. The molecule has 1 aliphatic rings. The van der Waals surface area contributed by atoms with Crippen molar-refractivity contribution >= 4 is 43.2 Å². The number of carbonyl (C=O) groups is 1. The van der Waals surface area contributed by atoms with Gasteiger partial charge in [-0.25, -0.2) is 13.4 Å². The zero-order chi connectivity index (χ0) is 23.9. The first kappa shape index (κ1) is 22.4. The fourth-order valence-corrected chi connectivity index (χ4v) is 5.98. The number of hydrogen-bond donors (Lipinski definition) is 0. The predicted molar refractivity (Wildman–Crippen MR) is 133 cm³/mol. The molecule has 34 heavy (non-hydrogen) atoms. The molecule has 4 aromatic rings. The van der Waals surface area contributed by atoms with Crippen LogP contribution in [0.1, 0.15) is 15.9 Å². The quantitative estimate of drug-likeness (QED) is 0.399.